The Morgan fingerprint density at radius 2 is 1.71 bits per heavy atom. The number of carbonyl (C=O) groups excluding carboxylic acids is 3. The van der Waals surface area contributed by atoms with E-state index in [4.69, 9.17) is 11.6 Å². The molecule has 2 aromatic rings. The summed E-state index contributed by atoms with van der Waals surface area (Å²) in [6.07, 6.45) is 0.694. The summed E-state index contributed by atoms with van der Waals surface area (Å²) in [7, 11) is 1.56. The molecule has 2 atom stereocenters. The Morgan fingerprint density at radius 1 is 1.06 bits per heavy atom. The largest absolute Gasteiger partial charge is 0.340 e. The van der Waals surface area contributed by atoms with Crippen molar-refractivity contribution in [3.8, 4) is 0 Å². The van der Waals surface area contributed by atoms with Crippen LogP contribution in [0.3, 0.4) is 0 Å². The number of rotatable bonds is 8. The fourth-order valence-electron chi connectivity index (χ4n) is 3.12. The molecule has 7 heteroatoms. The summed E-state index contributed by atoms with van der Waals surface area (Å²) in [4.78, 5) is 39.6. The van der Waals surface area contributed by atoms with E-state index in [-0.39, 0.29) is 30.2 Å². The molecular weight excluding hydrogens is 414 g/mol. The molecule has 0 saturated carbocycles. The van der Waals surface area contributed by atoms with E-state index in [1.165, 1.54) is 4.90 Å². The van der Waals surface area contributed by atoms with Crippen LogP contribution in [-0.2, 0) is 9.59 Å². The molecule has 0 fully saturated rings. The first kappa shape index (κ1) is 24.4. The third-order valence-corrected chi connectivity index (χ3v) is 5.76. The molecule has 0 aliphatic heterocycles. The summed E-state index contributed by atoms with van der Waals surface area (Å²) < 4.78 is 0. The number of nitrogens with zero attached hydrogens (tertiary/aromatic N) is 1. The maximum atomic E-state index is 13.1. The van der Waals surface area contributed by atoms with Gasteiger partial charge in [-0.1, -0.05) is 44.0 Å². The van der Waals surface area contributed by atoms with Crippen LogP contribution < -0.4 is 10.6 Å². The molecule has 0 aromatic heterocycles. The predicted molar refractivity (Wildman–Crippen MR) is 124 cm³/mol. The highest BCUT2D eigenvalue weighted by molar-refractivity contribution is 6.30. The number of aryl methyl sites for hydroxylation is 1. The zero-order chi connectivity index (χ0) is 23.1. The van der Waals surface area contributed by atoms with E-state index in [2.05, 4.69) is 10.6 Å². The van der Waals surface area contributed by atoms with Crippen LogP contribution in [0.2, 0.25) is 5.02 Å². The number of anilines is 1. The van der Waals surface area contributed by atoms with Gasteiger partial charge in [0.15, 0.2) is 0 Å². The second-order valence-corrected chi connectivity index (χ2v) is 8.27. The second-order valence-electron chi connectivity index (χ2n) is 7.83. The first-order valence-corrected chi connectivity index (χ1v) is 10.7. The van der Waals surface area contributed by atoms with Gasteiger partial charge in [-0.05, 0) is 61.2 Å². The first-order valence-electron chi connectivity index (χ1n) is 10.3. The van der Waals surface area contributed by atoms with E-state index in [1.54, 1.807) is 31.3 Å². The molecule has 3 amide bonds. The van der Waals surface area contributed by atoms with Gasteiger partial charge in [0.2, 0.25) is 11.8 Å². The molecule has 2 aromatic carbocycles. The van der Waals surface area contributed by atoms with Crippen molar-refractivity contribution in [2.24, 2.45) is 5.92 Å². The van der Waals surface area contributed by atoms with E-state index in [0.717, 1.165) is 16.8 Å². The Morgan fingerprint density at radius 3 is 2.32 bits per heavy atom. The van der Waals surface area contributed by atoms with Crippen LogP contribution in [0.15, 0.2) is 42.5 Å². The minimum atomic E-state index is -0.744. The molecule has 0 heterocycles. The molecule has 0 spiro atoms. The van der Waals surface area contributed by atoms with Crippen molar-refractivity contribution in [3.63, 3.8) is 0 Å². The van der Waals surface area contributed by atoms with Gasteiger partial charge in [0, 0.05) is 23.3 Å². The van der Waals surface area contributed by atoms with Crippen LogP contribution in [0.4, 0.5) is 5.69 Å². The minimum Gasteiger partial charge on any atom is -0.340 e. The molecule has 31 heavy (non-hydrogen) atoms. The van der Waals surface area contributed by atoms with Crippen molar-refractivity contribution in [2.75, 3.05) is 18.9 Å². The number of nitrogens with one attached hydrogen (secondary N) is 2. The van der Waals surface area contributed by atoms with Crippen LogP contribution >= 0.6 is 11.6 Å². The molecule has 0 bridgehead atoms. The first-order chi connectivity index (χ1) is 14.6. The molecule has 0 radical (unpaired) electrons. The summed E-state index contributed by atoms with van der Waals surface area (Å²) in [5.41, 5.74) is 3.20. The number of hydrogen-bond acceptors (Lipinski definition) is 3. The fourth-order valence-corrected chi connectivity index (χ4v) is 3.24. The molecule has 0 aliphatic rings. The average Bonchev–Trinajstić information content (AvgIpc) is 2.74. The molecule has 6 nitrogen and oxygen atoms in total. The highest BCUT2D eigenvalue weighted by atomic mass is 35.5. The number of benzene rings is 2. The van der Waals surface area contributed by atoms with Gasteiger partial charge in [0.05, 0.1) is 6.54 Å². The van der Waals surface area contributed by atoms with Gasteiger partial charge in [-0.15, -0.1) is 0 Å². The van der Waals surface area contributed by atoms with Crippen molar-refractivity contribution in [1.29, 1.82) is 0 Å². The summed E-state index contributed by atoms with van der Waals surface area (Å²) in [5, 5.41) is 6.21. The van der Waals surface area contributed by atoms with E-state index in [0.29, 0.717) is 17.0 Å². The summed E-state index contributed by atoms with van der Waals surface area (Å²) in [6, 6.07) is 11.4. The molecule has 0 saturated heterocycles. The van der Waals surface area contributed by atoms with Gasteiger partial charge in [0.25, 0.3) is 5.91 Å². The highest BCUT2D eigenvalue weighted by Gasteiger charge is 2.29. The lowest BCUT2D eigenvalue weighted by Gasteiger charge is -2.28. The molecule has 166 valence electrons. The van der Waals surface area contributed by atoms with E-state index >= 15 is 0 Å². The van der Waals surface area contributed by atoms with Gasteiger partial charge < -0.3 is 15.5 Å². The van der Waals surface area contributed by atoms with Crippen LogP contribution in [0, 0.1) is 19.8 Å². The van der Waals surface area contributed by atoms with Crippen molar-refractivity contribution >= 4 is 35.0 Å². The summed E-state index contributed by atoms with van der Waals surface area (Å²) in [6.45, 7) is 7.64. The van der Waals surface area contributed by atoms with Crippen LogP contribution in [0.25, 0.3) is 0 Å². The van der Waals surface area contributed by atoms with Crippen molar-refractivity contribution in [1.82, 2.24) is 10.2 Å². The Balaban J connectivity index is 2.07. The monoisotopic (exact) mass is 443 g/mol. The van der Waals surface area contributed by atoms with Crippen LogP contribution in [0.1, 0.15) is 41.8 Å². The van der Waals surface area contributed by atoms with Gasteiger partial charge in [-0.2, -0.15) is 0 Å². The normalized spacial score (nSPS) is 12.6. The van der Waals surface area contributed by atoms with Crippen LogP contribution in [0.5, 0.6) is 0 Å². The van der Waals surface area contributed by atoms with E-state index < -0.39 is 6.04 Å². The number of amides is 3. The van der Waals surface area contributed by atoms with E-state index in [9.17, 15) is 14.4 Å². The molecule has 2 unspecified atom stereocenters. The third-order valence-electron chi connectivity index (χ3n) is 5.51. The standard InChI is InChI=1S/C24H30ClN3O3/c1-6-15(2)22(27-23(30)18-10-12-19(25)13-11-18)24(31)28(5)14-21(29)26-20-9-7-8-16(3)17(20)4/h7-13,15,22H,6,14H2,1-5H3,(H,26,29)(H,27,30). The third kappa shape index (κ3) is 6.56. The molecule has 2 N–H and O–H groups in total. The molecule has 2 rings (SSSR count). The van der Waals surface area contributed by atoms with Gasteiger partial charge in [-0.25, -0.2) is 0 Å². The van der Waals surface area contributed by atoms with Crippen molar-refractivity contribution < 1.29 is 14.4 Å². The number of likely N-dealkylation sites (N-methyl/N-ethyl adjacent to an activating group) is 1. The average molecular weight is 444 g/mol. The molecular formula is C24H30ClN3O3. The Labute approximate surface area is 189 Å². The summed E-state index contributed by atoms with van der Waals surface area (Å²) >= 11 is 5.88. The van der Waals surface area contributed by atoms with Gasteiger partial charge in [0.1, 0.15) is 6.04 Å². The predicted octanol–water partition coefficient (Wildman–Crippen LogP) is 4.20. The van der Waals surface area contributed by atoms with Crippen LogP contribution in [-0.4, -0.2) is 42.3 Å². The zero-order valence-electron chi connectivity index (χ0n) is 18.7. The lowest BCUT2D eigenvalue weighted by molar-refractivity contribution is -0.136. The maximum Gasteiger partial charge on any atom is 0.251 e. The van der Waals surface area contributed by atoms with Gasteiger partial charge >= 0.3 is 0 Å². The minimum absolute atomic E-state index is 0.103. The quantitative estimate of drug-likeness (QED) is 0.641. The lowest BCUT2D eigenvalue weighted by atomic mass is 9.97. The maximum absolute atomic E-state index is 13.1. The van der Waals surface area contributed by atoms with Crippen molar-refractivity contribution in [2.45, 2.75) is 40.2 Å². The number of carbonyl (C=O) groups is 3. The number of halogens is 1. The summed E-state index contributed by atoms with van der Waals surface area (Å²) in [5.74, 6) is -1.07. The number of hydrogen-bond donors (Lipinski definition) is 2. The Hall–Kier alpha value is -2.86. The SMILES string of the molecule is CCC(C)C(NC(=O)c1ccc(Cl)cc1)C(=O)N(C)CC(=O)Nc1cccc(C)c1C. The Bertz CT molecular complexity index is 944. The zero-order valence-corrected chi connectivity index (χ0v) is 19.4. The Kier molecular flexibility index (Phi) is 8.63. The topological polar surface area (TPSA) is 78.5 Å². The van der Waals surface area contributed by atoms with E-state index in [1.807, 2.05) is 45.9 Å². The second kappa shape index (κ2) is 11.0. The van der Waals surface area contributed by atoms with Crippen molar-refractivity contribution in [3.05, 3.63) is 64.2 Å². The highest BCUT2D eigenvalue weighted by Crippen LogP contribution is 2.18. The smallest absolute Gasteiger partial charge is 0.251 e. The fraction of sp³-hybridized carbons (Fsp3) is 0.375. The lowest BCUT2D eigenvalue weighted by Crippen LogP contribution is -2.52. The van der Waals surface area contributed by atoms with Gasteiger partial charge in [-0.3, -0.25) is 14.4 Å². The molecule has 0 aliphatic carbocycles.